The normalized spacial score (nSPS) is 10.0. The first-order valence-corrected chi connectivity index (χ1v) is 7.15. The van der Waals surface area contributed by atoms with Gasteiger partial charge in [0, 0.05) is 22.8 Å². The monoisotopic (exact) mass is 338 g/mol. The van der Waals surface area contributed by atoms with E-state index < -0.39 is 0 Å². The van der Waals surface area contributed by atoms with Gasteiger partial charge in [-0.25, -0.2) is 0 Å². The molecule has 0 radical (unpaired) electrons. The van der Waals surface area contributed by atoms with Gasteiger partial charge in [0.25, 0.3) is 11.8 Å². The zero-order valence-electron chi connectivity index (χ0n) is 10.1. The Hall–Kier alpha value is -1.66. The molecule has 2 amide bonds. The predicted octanol–water partition coefficient (Wildman–Crippen LogP) is 3.12. The van der Waals surface area contributed by atoms with E-state index in [2.05, 4.69) is 26.6 Å². The van der Waals surface area contributed by atoms with Crippen molar-refractivity contribution in [1.29, 1.82) is 0 Å². The van der Waals surface area contributed by atoms with E-state index >= 15 is 0 Å². The highest BCUT2D eigenvalue weighted by atomic mass is 79.9. The third-order valence-corrected chi connectivity index (χ3v) is 4.27. The van der Waals surface area contributed by atoms with E-state index in [1.807, 2.05) is 11.4 Å². The molecule has 0 aliphatic rings. The molecule has 2 rings (SSSR count). The average Bonchev–Trinajstić information content (AvgIpc) is 2.84. The number of halogens is 1. The zero-order chi connectivity index (χ0) is 13.8. The Bertz CT molecular complexity index is 625. The lowest BCUT2D eigenvalue weighted by Gasteiger charge is -2.06. The van der Waals surface area contributed by atoms with Crippen LogP contribution in [0.5, 0.6) is 0 Å². The van der Waals surface area contributed by atoms with Gasteiger partial charge in [-0.2, -0.15) is 0 Å². The van der Waals surface area contributed by atoms with Crippen LogP contribution >= 0.6 is 27.3 Å². The fourth-order valence-corrected chi connectivity index (χ4v) is 2.97. The second-order valence-electron chi connectivity index (χ2n) is 3.71. The second-order valence-corrected chi connectivity index (χ2v) is 5.48. The fourth-order valence-electron chi connectivity index (χ4n) is 1.53. The quantitative estimate of drug-likeness (QED) is 0.903. The first kappa shape index (κ1) is 13.8. The van der Waals surface area contributed by atoms with Crippen LogP contribution in [0.3, 0.4) is 0 Å². The van der Waals surface area contributed by atoms with Crippen molar-refractivity contribution in [1.82, 2.24) is 5.32 Å². The fraction of sp³-hybridized carbons (Fsp3) is 0.0769. The lowest BCUT2D eigenvalue weighted by molar-refractivity contribution is 0.0961. The third kappa shape index (κ3) is 3.21. The van der Waals surface area contributed by atoms with Gasteiger partial charge < -0.3 is 10.6 Å². The van der Waals surface area contributed by atoms with Gasteiger partial charge in [0.15, 0.2) is 0 Å². The van der Waals surface area contributed by atoms with Gasteiger partial charge in [-0.3, -0.25) is 9.59 Å². The Morgan fingerprint density at radius 1 is 1.21 bits per heavy atom. The van der Waals surface area contributed by atoms with E-state index in [0.717, 1.165) is 4.47 Å². The summed E-state index contributed by atoms with van der Waals surface area (Å²) in [5.74, 6) is -0.385. The van der Waals surface area contributed by atoms with Crippen LogP contribution in [0.15, 0.2) is 40.2 Å². The second kappa shape index (κ2) is 5.99. The van der Waals surface area contributed by atoms with Crippen LogP contribution in [-0.4, -0.2) is 18.9 Å². The standard InChI is InChI=1S/C13H11BrN2O2S/c1-15-12(17)8-3-2-4-9(7-8)16-13(18)11-10(14)5-6-19-11/h2-7H,1H3,(H,15,17)(H,16,18). The lowest BCUT2D eigenvalue weighted by atomic mass is 10.2. The maximum Gasteiger partial charge on any atom is 0.266 e. The smallest absolute Gasteiger partial charge is 0.266 e. The lowest BCUT2D eigenvalue weighted by Crippen LogP contribution is -2.18. The van der Waals surface area contributed by atoms with Crippen molar-refractivity contribution in [2.45, 2.75) is 0 Å². The summed E-state index contributed by atoms with van der Waals surface area (Å²) in [7, 11) is 1.57. The van der Waals surface area contributed by atoms with E-state index in [9.17, 15) is 9.59 Å². The van der Waals surface area contributed by atoms with Crippen LogP contribution in [0.1, 0.15) is 20.0 Å². The summed E-state index contributed by atoms with van der Waals surface area (Å²) < 4.78 is 0.762. The van der Waals surface area contributed by atoms with Crippen LogP contribution in [0.4, 0.5) is 5.69 Å². The Kier molecular flexibility index (Phi) is 4.34. The highest BCUT2D eigenvalue weighted by Crippen LogP contribution is 2.23. The third-order valence-electron chi connectivity index (χ3n) is 2.43. The molecule has 0 atom stereocenters. The summed E-state index contributed by atoms with van der Waals surface area (Å²) in [6.45, 7) is 0. The topological polar surface area (TPSA) is 58.2 Å². The van der Waals surface area contributed by atoms with Gasteiger partial charge in [-0.1, -0.05) is 6.07 Å². The molecule has 0 spiro atoms. The molecule has 2 N–H and O–H groups in total. The number of thiophene rings is 1. The molecule has 0 bridgehead atoms. The summed E-state index contributed by atoms with van der Waals surface area (Å²) >= 11 is 4.67. The van der Waals surface area contributed by atoms with Crippen molar-refractivity contribution in [3.63, 3.8) is 0 Å². The molecule has 0 aliphatic carbocycles. The van der Waals surface area contributed by atoms with E-state index in [1.165, 1.54) is 11.3 Å². The Balaban J connectivity index is 2.18. The summed E-state index contributed by atoms with van der Waals surface area (Å²) in [5, 5.41) is 7.14. The van der Waals surface area contributed by atoms with Crippen molar-refractivity contribution in [2.24, 2.45) is 0 Å². The van der Waals surface area contributed by atoms with Crippen LogP contribution in [0, 0.1) is 0 Å². The summed E-state index contributed by atoms with van der Waals surface area (Å²) in [5.41, 5.74) is 1.09. The molecule has 0 fully saturated rings. The van der Waals surface area contributed by atoms with E-state index in [1.54, 1.807) is 31.3 Å². The maximum atomic E-state index is 12.0. The minimum atomic E-state index is -0.198. The van der Waals surface area contributed by atoms with E-state index in [0.29, 0.717) is 16.1 Å². The summed E-state index contributed by atoms with van der Waals surface area (Å²) in [4.78, 5) is 24.1. The van der Waals surface area contributed by atoms with E-state index in [-0.39, 0.29) is 11.8 Å². The molecule has 2 aromatic rings. The SMILES string of the molecule is CNC(=O)c1cccc(NC(=O)c2sccc2Br)c1. The predicted molar refractivity (Wildman–Crippen MR) is 79.8 cm³/mol. The van der Waals surface area contributed by atoms with Crippen LogP contribution in [0.2, 0.25) is 0 Å². The molecule has 0 aliphatic heterocycles. The van der Waals surface area contributed by atoms with Gasteiger partial charge >= 0.3 is 0 Å². The largest absolute Gasteiger partial charge is 0.355 e. The minimum absolute atomic E-state index is 0.187. The zero-order valence-corrected chi connectivity index (χ0v) is 12.5. The number of hydrogen-bond acceptors (Lipinski definition) is 3. The molecule has 19 heavy (non-hydrogen) atoms. The van der Waals surface area contributed by atoms with Crippen molar-refractivity contribution in [2.75, 3.05) is 12.4 Å². The summed E-state index contributed by atoms with van der Waals surface area (Å²) in [6.07, 6.45) is 0. The number of benzene rings is 1. The van der Waals surface area contributed by atoms with E-state index in [4.69, 9.17) is 0 Å². The number of carbonyl (C=O) groups excluding carboxylic acids is 2. The Morgan fingerprint density at radius 3 is 2.63 bits per heavy atom. The maximum absolute atomic E-state index is 12.0. The molecule has 4 nitrogen and oxygen atoms in total. The van der Waals surface area contributed by atoms with Gasteiger partial charge in [0.1, 0.15) is 4.88 Å². The number of anilines is 1. The molecule has 1 aromatic heterocycles. The molecule has 0 saturated carbocycles. The molecule has 0 unspecified atom stereocenters. The van der Waals surface area contributed by atoms with Gasteiger partial charge in [0.05, 0.1) is 0 Å². The highest BCUT2D eigenvalue weighted by Gasteiger charge is 2.12. The van der Waals surface area contributed by atoms with Crippen molar-refractivity contribution in [3.05, 3.63) is 50.6 Å². The number of amides is 2. The van der Waals surface area contributed by atoms with Crippen LogP contribution in [-0.2, 0) is 0 Å². The molecular weight excluding hydrogens is 328 g/mol. The van der Waals surface area contributed by atoms with Gasteiger partial charge in [-0.05, 0) is 45.6 Å². The first-order valence-electron chi connectivity index (χ1n) is 5.48. The van der Waals surface area contributed by atoms with Crippen LogP contribution < -0.4 is 10.6 Å². The highest BCUT2D eigenvalue weighted by molar-refractivity contribution is 9.10. The summed E-state index contributed by atoms with van der Waals surface area (Å²) in [6, 6.07) is 8.61. The molecule has 1 heterocycles. The Morgan fingerprint density at radius 2 is 2.00 bits per heavy atom. The number of nitrogens with one attached hydrogen (secondary N) is 2. The molecular formula is C13H11BrN2O2S. The number of hydrogen-bond donors (Lipinski definition) is 2. The first-order chi connectivity index (χ1) is 9.11. The van der Waals surface area contributed by atoms with Crippen LogP contribution in [0.25, 0.3) is 0 Å². The molecule has 98 valence electrons. The van der Waals surface area contributed by atoms with Gasteiger partial charge in [-0.15, -0.1) is 11.3 Å². The number of rotatable bonds is 3. The Labute approximate surface area is 123 Å². The van der Waals surface area contributed by atoms with Crippen molar-refractivity contribution >= 4 is 44.8 Å². The minimum Gasteiger partial charge on any atom is -0.355 e. The molecule has 1 aromatic carbocycles. The van der Waals surface area contributed by atoms with Crippen molar-refractivity contribution in [3.8, 4) is 0 Å². The average molecular weight is 339 g/mol. The van der Waals surface area contributed by atoms with Crippen molar-refractivity contribution < 1.29 is 9.59 Å². The molecule has 0 saturated heterocycles. The molecule has 6 heteroatoms. The number of carbonyl (C=O) groups is 2. The van der Waals surface area contributed by atoms with Gasteiger partial charge in [0.2, 0.25) is 0 Å².